The van der Waals surface area contributed by atoms with Gasteiger partial charge in [-0.3, -0.25) is 0 Å². The molecule has 0 saturated heterocycles. The lowest BCUT2D eigenvalue weighted by molar-refractivity contribution is 0.0203. The van der Waals surface area contributed by atoms with Crippen LogP contribution in [0.4, 0.5) is 10.1 Å². The summed E-state index contributed by atoms with van der Waals surface area (Å²) in [6.45, 7) is 3.60. The van der Waals surface area contributed by atoms with E-state index >= 15 is 0 Å². The zero-order valence-corrected chi connectivity index (χ0v) is 11.6. The van der Waals surface area contributed by atoms with Crippen molar-refractivity contribution in [3.05, 3.63) is 24.0 Å². The Morgan fingerprint density at radius 2 is 2.00 bits per heavy atom. The summed E-state index contributed by atoms with van der Waals surface area (Å²) >= 11 is 0. The first-order chi connectivity index (χ1) is 8.18. The molecule has 0 atom stereocenters. The fourth-order valence-corrected chi connectivity index (χ4v) is 3.07. The van der Waals surface area contributed by atoms with Crippen molar-refractivity contribution in [1.29, 1.82) is 0 Å². The number of hydrogen-bond acceptors (Lipinski definition) is 4. The average molecular weight is 275 g/mol. The van der Waals surface area contributed by atoms with E-state index < -0.39 is 21.3 Å². The van der Waals surface area contributed by atoms with Crippen LogP contribution in [0.1, 0.15) is 20.3 Å². The molecule has 0 heterocycles. The van der Waals surface area contributed by atoms with Crippen LogP contribution in [-0.4, -0.2) is 26.9 Å². The van der Waals surface area contributed by atoms with E-state index in [1.807, 2.05) is 0 Å². The summed E-state index contributed by atoms with van der Waals surface area (Å²) in [5.74, 6) is -0.646. The van der Waals surface area contributed by atoms with E-state index in [1.54, 1.807) is 13.8 Å². The van der Waals surface area contributed by atoms with Crippen molar-refractivity contribution >= 4 is 15.5 Å². The average Bonchev–Trinajstić information content (AvgIpc) is 2.26. The topological polar surface area (TPSA) is 69.4 Å². The van der Waals surface area contributed by atoms with Crippen molar-refractivity contribution in [1.82, 2.24) is 0 Å². The first-order valence-electron chi connectivity index (χ1n) is 5.51. The van der Waals surface area contributed by atoms with Gasteiger partial charge >= 0.3 is 0 Å². The monoisotopic (exact) mass is 275 g/mol. The lowest BCUT2D eigenvalue weighted by atomic mass is 10.1. The maximum absolute atomic E-state index is 12.9. The maximum Gasteiger partial charge on any atom is 0.180 e. The number of nitrogen functional groups attached to an aromatic ring is 1. The van der Waals surface area contributed by atoms with Crippen LogP contribution in [0, 0.1) is 5.82 Å². The summed E-state index contributed by atoms with van der Waals surface area (Å²) in [4.78, 5) is -0.0317. The zero-order chi connectivity index (χ0) is 14.0. The second-order valence-corrected chi connectivity index (χ2v) is 6.79. The summed E-state index contributed by atoms with van der Waals surface area (Å²) in [6.07, 6.45) is 0.336. The molecule has 18 heavy (non-hydrogen) atoms. The molecule has 0 bridgehead atoms. The lowest BCUT2D eigenvalue weighted by Gasteiger charge is -2.22. The molecule has 1 aromatic carbocycles. The van der Waals surface area contributed by atoms with Gasteiger partial charge in [0.15, 0.2) is 9.84 Å². The van der Waals surface area contributed by atoms with Crippen LogP contribution in [0.5, 0.6) is 0 Å². The molecule has 1 rings (SSSR count). The molecule has 0 unspecified atom stereocenters. The number of rotatable bonds is 5. The largest absolute Gasteiger partial charge is 0.398 e. The molecule has 0 fully saturated rings. The summed E-state index contributed by atoms with van der Waals surface area (Å²) < 4.78 is 42.2. The SMILES string of the molecule is COC(C)(C)CCS(=O)(=O)c1ccc(F)cc1N. The minimum absolute atomic E-state index is 0.0317. The van der Waals surface area contributed by atoms with Crippen molar-refractivity contribution < 1.29 is 17.5 Å². The predicted molar refractivity (Wildman–Crippen MR) is 68.6 cm³/mol. The smallest absolute Gasteiger partial charge is 0.180 e. The van der Waals surface area contributed by atoms with Crippen LogP contribution < -0.4 is 5.73 Å². The molecule has 1 aromatic rings. The van der Waals surface area contributed by atoms with E-state index in [-0.39, 0.29) is 16.3 Å². The predicted octanol–water partition coefficient (Wildman–Crippen LogP) is 2.00. The standard InChI is InChI=1S/C12H18FNO3S/c1-12(2,17-3)6-7-18(15,16)11-5-4-9(13)8-10(11)14/h4-5,8H,6-7,14H2,1-3H3. The van der Waals surface area contributed by atoms with E-state index in [0.29, 0.717) is 6.42 Å². The van der Waals surface area contributed by atoms with E-state index in [0.717, 1.165) is 12.1 Å². The molecule has 0 saturated carbocycles. The van der Waals surface area contributed by atoms with Gasteiger partial charge in [0.2, 0.25) is 0 Å². The van der Waals surface area contributed by atoms with Crippen LogP contribution in [-0.2, 0) is 14.6 Å². The molecule has 4 nitrogen and oxygen atoms in total. The van der Waals surface area contributed by atoms with Crippen LogP contribution in [0.3, 0.4) is 0 Å². The molecule has 102 valence electrons. The number of sulfone groups is 1. The van der Waals surface area contributed by atoms with Gasteiger partial charge in [-0.05, 0) is 38.5 Å². The van der Waals surface area contributed by atoms with Crippen LogP contribution in [0.25, 0.3) is 0 Å². The number of nitrogens with two attached hydrogens (primary N) is 1. The Morgan fingerprint density at radius 1 is 1.39 bits per heavy atom. The van der Waals surface area contributed by atoms with Gasteiger partial charge in [0, 0.05) is 7.11 Å². The lowest BCUT2D eigenvalue weighted by Crippen LogP contribution is -2.26. The van der Waals surface area contributed by atoms with Crippen molar-refractivity contribution in [2.45, 2.75) is 30.8 Å². The van der Waals surface area contributed by atoms with E-state index in [2.05, 4.69) is 0 Å². The minimum atomic E-state index is -3.52. The van der Waals surface area contributed by atoms with E-state index in [4.69, 9.17) is 10.5 Å². The molecule has 6 heteroatoms. The summed E-state index contributed by atoms with van der Waals surface area (Å²) in [7, 11) is -2.00. The van der Waals surface area contributed by atoms with Gasteiger partial charge in [0.25, 0.3) is 0 Å². The Morgan fingerprint density at radius 3 is 2.50 bits per heavy atom. The van der Waals surface area contributed by atoms with Crippen molar-refractivity contribution in [3.63, 3.8) is 0 Å². The molecule has 0 radical (unpaired) electrons. The molecule has 0 aromatic heterocycles. The number of ether oxygens (including phenoxy) is 1. The highest BCUT2D eigenvalue weighted by Gasteiger charge is 2.24. The summed E-state index contributed by atoms with van der Waals surface area (Å²) in [5, 5.41) is 0. The molecule has 2 N–H and O–H groups in total. The fraction of sp³-hybridized carbons (Fsp3) is 0.500. The Balaban J connectivity index is 2.94. The molecule has 0 aliphatic heterocycles. The van der Waals surface area contributed by atoms with Crippen LogP contribution >= 0.6 is 0 Å². The van der Waals surface area contributed by atoms with Gasteiger partial charge in [-0.2, -0.15) is 0 Å². The van der Waals surface area contributed by atoms with Crippen molar-refractivity contribution in [2.75, 3.05) is 18.6 Å². The Hall–Kier alpha value is -1.14. The van der Waals surface area contributed by atoms with E-state index in [1.165, 1.54) is 13.2 Å². The normalized spacial score (nSPS) is 12.7. The first kappa shape index (κ1) is 14.9. The zero-order valence-electron chi connectivity index (χ0n) is 10.7. The number of benzene rings is 1. The second-order valence-electron chi connectivity index (χ2n) is 4.71. The van der Waals surface area contributed by atoms with Crippen LogP contribution in [0.15, 0.2) is 23.1 Å². The Bertz CT molecular complexity index is 526. The number of hydrogen-bond donors (Lipinski definition) is 1. The van der Waals surface area contributed by atoms with Gasteiger partial charge in [-0.1, -0.05) is 0 Å². The highest BCUT2D eigenvalue weighted by molar-refractivity contribution is 7.91. The van der Waals surface area contributed by atoms with Crippen molar-refractivity contribution in [2.24, 2.45) is 0 Å². The third-order valence-electron chi connectivity index (χ3n) is 2.83. The molecule has 0 aliphatic rings. The van der Waals surface area contributed by atoms with Gasteiger partial charge in [-0.15, -0.1) is 0 Å². The third kappa shape index (κ3) is 3.68. The number of methoxy groups -OCH3 is 1. The molecule has 0 aliphatic carbocycles. The van der Waals surface area contributed by atoms with Gasteiger partial charge < -0.3 is 10.5 Å². The number of anilines is 1. The quantitative estimate of drug-likeness (QED) is 0.659. The molecule has 0 spiro atoms. The van der Waals surface area contributed by atoms with E-state index in [9.17, 15) is 12.8 Å². The van der Waals surface area contributed by atoms with Gasteiger partial charge in [0.1, 0.15) is 5.82 Å². The maximum atomic E-state index is 12.9. The minimum Gasteiger partial charge on any atom is -0.398 e. The Labute approximate surface area is 107 Å². The van der Waals surface area contributed by atoms with Gasteiger partial charge in [0.05, 0.1) is 21.9 Å². The summed E-state index contributed by atoms with van der Waals surface area (Å²) in [6, 6.07) is 3.29. The second kappa shape index (κ2) is 5.24. The Kier molecular flexibility index (Phi) is 4.34. The third-order valence-corrected chi connectivity index (χ3v) is 4.62. The van der Waals surface area contributed by atoms with Gasteiger partial charge in [-0.25, -0.2) is 12.8 Å². The van der Waals surface area contributed by atoms with Crippen molar-refractivity contribution in [3.8, 4) is 0 Å². The number of halogens is 1. The summed E-state index contributed by atoms with van der Waals surface area (Å²) in [5.41, 5.74) is 4.94. The molecule has 0 amide bonds. The highest BCUT2D eigenvalue weighted by atomic mass is 32.2. The molecular weight excluding hydrogens is 257 g/mol. The first-order valence-corrected chi connectivity index (χ1v) is 7.16. The molecular formula is C12H18FNO3S. The highest BCUT2D eigenvalue weighted by Crippen LogP contribution is 2.23. The van der Waals surface area contributed by atoms with Crippen LogP contribution in [0.2, 0.25) is 0 Å². The fourth-order valence-electron chi connectivity index (χ4n) is 1.39.